The first kappa shape index (κ1) is 13.9. The van der Waals surface area contributed by atoms with Crippen molar-refractivity contribution < 1.29 is 9.18 Å². The number of primary amides is 1. The fraction of sp³-hybridized carbons (Fsp3) is 0.214. The van der Waals surface area contributed by atoms with Crippen molar-refractivity contribution in [1.29, 1.82) is 0 Å². The summed E-state index contributed by atoms with van der Waals surface area (Å²) in [6, 6.07) is 5.06. The predicted octanol–water partition coefficient (Wildman–Crippen LogP) is 1.66. The second kappa shape index (κ2) is 5.64. The van der Waals surface area contributed by atoms with Crippen LogP contribution in [0.1, 0.15) is 21.6 Å². The van der Waals surface area contributed by atoms with E-state index >= 15 is 0 Å². The molecule has 2 aromatic rings. The Balaban J connectivity index is 2.19. The summed E-state index contributed by atoms with van der Waals surface area (Å²) in [6.45, 7) is 2.17. The summed E-state index contributed by atoms with van der Waals surface area (Å²) < 4.78 is 13.5. The van der Waals surface area contributed by atoms with Gasteiger partial charge in [-0.3, -0.25) is 9.78 Å². The Hall–Kier alpha value is -2.50. The molecule has 5 nitrogen and oxygen atoms in total. The topological polar surface area (TPSA) is 72.1 Å². The first-order valence-electron chi connectivity index (χ1n) is 6.05. The number of hydrogen-bond acceptors (Lipinski definition) is 4. The number of benzene rings is 1. The maximum atomic E-state index is 13.5. The SMILES string of the molecule is Cc1ccc(CN(C)c2cncc(C(N)=O)n2)cc1F. The van der Waals surface area contributed by atoms with E-state index in [9.17, 15) is 9.18 Å². The van der Waals surface area contributed by atoms with Crippen LogP contribution in [0, 0.1) is 12.7 Å². The second-order valence-corrected chi connectivity index (χ2v) is 4.57. The molecule has 1 aromatic carbocycles. The van der Waals surface area contributed by atoms with Gasteiger partial charge in [0.25, 0.3) is 5.91 Å². The highest BCUT2D eigenvalue weighted by Gasteiger charge is 2.09. The van der Waals surface area contributed by atoms with Gasteiger partial charge in [-0.1, -0.05) is 12.1 Å². The van der Waals surface area contributed by atoms with Crippen LogP contribution in [0.4, 0.5) is 10.2 Å². The van der Waals surface area contributed by atoms with Gasteiger partial charge in [-0.15, -0.1) is 0 Å². The minimum absolute atomic E-state index is 0.101. The van der Waals surface area contributed by atoms with E-state index in [1.165, 1.54) is 18.5 Å². The van der Waals surface area contributed by atoms with Crippen molar-refractivity contribution in [3.05, 3.63) is 53.2 Å². The molecule has 1 aromatic heterocycles. The molecular weight excluding hydrogens is 259 g/mol. The molecule has 0 radical (unpaired) electrons. The van der Waals surface area contributed by atoms with E-state index in [1.807, 2.05) is 6.07 Å². The van der Waals surface area contributed by atoms with E-state index in [0.717, 1.165) is 5.56 Å². The Labute approximate surface area is 116 Å². The van der Waals surface area contributed by atoms with Crippen LogP contribution in [0.2, 0.25) is 0 Å². The zero-order valence-electron chi connectivity index (χ0n) is 11.3. The van der Waals surface area contributed by atoms with Crippen molar-refractivity contribution in [3.63, 3.8) is 0 Å². The maximum absolute atomic E-state index is 13.5. The molecule has 0 saturated carbocycles. The summed E-state index contributed by atoms with van der Waals surface area (Å²) in [5, 5.41) is 0. The molecule has 0 saturated heterocycles. The smallest absolute Gasteiger partial charge is 0.268 e. The number of halogens is 1. The minimum atomic E-state index is -0.630. The molecule has 0 bridgehead atoms. The third-order valence-electron chi connectivity index (χ3n) is 2.92. The lowest BCUT2D eigenvalue weighted by Crippen LogP contribution is -2.21. The molecule has 1 heterocycles. The summed E-state index contributed by atoms with van der Waals surface area (Å²) in [7, 11) is 1.78. The second-order valence-electron chi connectivity index (χ2n) is 4.57. The zero-order chi connectivity index (χ0) is 14.7. The molecule has 2 N–H and O–H groups in total. The van der Waals surface area contributed by atoms with E-state index in [2.05, 4.69) is 9.97 Å². The summed E-state index contributed by atoms with van der Waals surface area (Å²) in [5.74, 6) is -0.371. The van der Waals surface area contributed by atoms with Crippen molar-refractivity contribution in [2.24, 2.45) is 5.73 Å². The molecule has 2 rings (SSSR count). The third kappa shape index (κ3) is 3.09. The fourth-order valence-corrected chi connectivity index (χ4v) is 1.75. The average molecular weight is 274 g/mol. The lowest BCUT2D eigenvalue weighted by atomic mass is 10.1. The quantitative estimate of drug-likeness (QED) is 0.920. The number of aromatic nitrogens is 2. The van der Waals surface area contributed by atoms with E-state index in [0.29, 0.717) is 17.9 Å². The minimum Gasteiger partial charge on any atom is -0.364 e. The number of nitrogens with two attached hydrogens (primary N) is 1. The number of aryl methyl sites for hydroxylation is 1. The summed E-state index contributed by atoms with van der Waals surface area (Å²) >= 11 is 0. The van der Waals surface area contributed by atoms with Crippen molar-refractivity contribution in [1.82, 2.24) is 9.97 Å². The van der Waals surface area contributed by atoms with Crippen LogP contribution < -0.4 is 10.6 Å². The summed E-state index contributed by atoms with van der Waals surface area (Å²) in [5.41, 5.74) is 6.67. The van der Waals surface area contributed by atoms with Crippen LogP contribution in [0.5, 0.6) is 0 Å². The van der Waals surface area contributed by atoms with E-state index in [4.69, 9.17) is 5.73 Å². The van der Waals surface area contributed by atoms with Gasteiger partial charge < -0.3 is 10.6 Å². The fourth-order valence-electron chi connectivity index (χ4n) is 1.75. The van der Waals surface area contributed by atoms with Crippen molar-refractivity contribution in [2.45, 2.75) is 13.5 Å². The first-order chi connectivity index (χ1) is 9.47. The molecule has 0 atom stereocenters. The Morgan fingerprint density at radius 3 is 2.80 bits per heavy atom. The number of amides is 1. The normalized spacial score (nSPS) is 10.3. The van der Waals surface area contributed by atoms with Gasteiger partial charge in [0.05, 0.1) is 12.4 Å². The molecule has 0 aliphatic carbocycles. The Morgan fingerprint density at radius 1 is 1.40 bits per heavy atom. The predicted molar refractivity (Wildman–Crippen MR) is 73.8 cm³/mol. The molecular formula is C14H15FN4O. The van der Waals surface area contributed by atoms with Gasteiger partial charge in [0.1, 0.15) is 17.3 Å². The Bertz CT molecular complexity index is 645. The van der Waals surface area contributed by atoms with E-state index in [-0.39, 0.29) is 11.5 Å². The van der Waals surface area contributed by atoms with Crippen LogP contribution in [0.3, 0.4) is 0 Å². The van der Waals surface area contributed by atoms with Crippen LogP contribution in [0.25, 0.3) is 0 Å². The molecule has 0 fully saturated rings. The first-order valence-corrected chi connectivity index (χ1v) is 6.05. The van der Waals surface area contributed by atoms with Crippen LogP contribution in [-0.4, -0.2) is 22.9 Å². The number of nitrogens with zero attached hydrogens (tertiary/aromatic N) is 3. The molecule has 104 valence electrons. The molecule has 20 heavy (non-hydrogen) atoms. The number of carbonyl (C=O) groups excluding carboxylic acids is 1. The van der Waals surface area contributed by atoms with Crippen LogP contribution >= 0.6 is 0 Å². The standard InChI is InChI=1S/C14H15FN4O/c1-9-3-4-10(5-11(9)15)8-19(2)13-7-17-6-12(18-13)14(16)20/h3-7H,8H2,1-2H3,(H2,16,20). The van der Waals surface area contributed by atoms with E-state index < -0.39 is 5.91 Å². The summed E-state index contributed by atoms with van der Waals surface area (Å²) in [4.78, 5) is 20.9. The van der Waals surface area contributed by atoms with Gasteiger partial charge in [-0.05, 0) is 24.1 Å². The lowest BCUT2D eigenvalue weighted by molar-refractivity contribution is 0.0995. The van der Waals surface area contributed by atoms with Gasteiger partial charge in [0, 0.05) is 13.6 Å². The molecule has 0 unspecified atom stereocenters. The maximum Gasteiger partial charge on any atom is 0.268 e. The number of anilines is 1. The number of carbonyl (C=O) groups is 1. The van der Waals surface area contributed by atoms with Gasteiger partial charge >= 0.3 is 0 Å². The third-order valence-corrected chi connectivity index (χ3v) is 2.92. The van der Waals surface area contributed by atoms with Gasteiger partial charge in [0.15, 0.2) is 0 Å². The monoisotopic (exact) mass is 274 g/mol. The highest BCUT2D eigenvalue weighted by atomic mass is 19.1. The Kier molecular flexibility index (Phi) is 3.93. The van der Waals surface area contributed by atoms with Gasteiger partial charge in [-0.25, -0.2) is 9.37 Å². The van der Waals surface area contributed by atoms with Gasteiger partial charge in [0.2, 0.25) is 0 Å². The zero-order valence-corrected chi connectivity index (χ0v) is 11.3. The van der Waals surface area contributed by atoms with Crippen molar-refractivity contribution in [3.8, 4) is 0 Å². The average Bonchev–Trinajstić information content (AvgIpc) is 2.43. The van der Waals surface area contributed by atoms with E-state index in [1.54, 1.807) is 24.9 Å². The van der Waals surface area contributed by atoms with Crippen molar-refractivity contribution >= 4 is 11.7 Å². The highest BCUT2D eigenvalue weighted by Crippen LogP contribution is 2.14. The lowest BCUT2D eigenvalue weighted by Gasteiger charge is -2.18. The molecule has 0 aliphatic heterocycles. The van der Waals surface area contributed by atoms with Crippen molar-refractivity contribution in [2.75, 3.05) is 11.9 Å². The molecule has 6 heteroatoms. The molecule has 1 amide bonds. The largest absolute Gasteiger partial charge is 0.364 e. The number of rotatable bonds is 4. The molecule has 0 spiro atoms. The van der Waals surface area contributed by atoms with Crippen LogP contribution in [0.15, 0.2) is 30.6 Å². The highest BCUT2D eigenvalue weighted by molar-refractivity contribution is 5.90. The van der Waals surface area contributed by atoms with Crippen LogP contribution in [-0.2, 0) is 6.54 Å². The van der Waals surface area contributed by atoms with Gasteiger partial charge in [-0.2, -0.15) is 0 Å². The summed E-state index contributed by atoms with van der Waals surface area (Å²) in [6.07, 6.45) is 2.84. The number of hydrogen-bond donors (Lipinski definition) is 1. The molecule has 0 aliphatic rings. The Morgan fingerprint density at radius 2 is 2.15 bits per heavy atom.